The van der Waals surface area contributed by atoms with Crippen molar-refractivity contribution in [3.8, 4) is 0 Å². The van der Waals surface area contributed by atoms with E-state index in [0.717, 1.165) is 25.6 Å². The summed E-state index contributed by atoms with van der Waals surface area (Å²) in [6, 6.07) is 2.48. The van der Waals surface area contributed by atoms with Crippen LogP contribution < -0.4 is 5.32 Å². The summed E-state index contributed by atoms with van der Waals surface area (Å²) >= 11 is 5.97. The maximum atomic E-state index is 13.8. The Morgan fingerprint density at radius 3 is 2.56 bits per heavy atom. The summed E-state index contributed by atoms with van der Waals surface area (Å²) in [6.45, 7) is 7.66. The van der Waals surface area contributed by atoms with Crippen LogP contribution in [0.5, 0.6) is 0 Å². The van der Waals surface area contributed by atoms with E-state index in [1.165, 1.54) is 6.07 Å². The van der Waals surface area contributed by atoms with Crippen molar-refractivity contribution in [2.75, 3.05) is 13.1 Å². The Bertz CT molecular complexity index is 396. The topological polar surface area (TPSA) is 12.0 Å². The SMILES string of the molecule is CCCNCC(C)C(C)c1c(Cl)ccc(F)c1F. The van der Waals surface area contributed by atoms with Gasteiger partial charge in [-0.3, -0.25) is 0 Å². The third kappa shape index (κ3) is 3.66. The number of hydrogen-bond acceptors (Lipinski definition) is 1. The van der Waals surface area contributed by atoms with Gasteiger partial charge in [0, 0.05) is 10.6 Å². The lowest BCUT2D eigenvalue weighted by atomic mass is 9.88. The van der Waals surface area contributed by atoms with E-state index in [2.05, 4.69) is 12.2 Å². The summed E-state index contributed by atoms with van der Waals surface area (Å²) in [6.07, 6.45) is 1.05. The number of halogens is 3. The summed E-state index contributed by atoms with van der Waals surface area (Å²) in [5.41, 5.74) is 0.280. The van der Waals surface area contributed by atoms with Gasteiger partial charge in [-0.15, -0.1) is 0 Å². The molecule has 0 aliphatic rings. The van der Waals surface area contributed by atoms with Crippen molar-refractivity contribution in [2.45, 2.75) is 33.1 Å². The molecular formula is C14H20ClF2N. The van der Waals surface area contributed by atoms with E-state index in [9.17, 15) is 8.78 Å². The van der Waals surface area contributed by atoms with Crippen LogP contribution in [-0.2, 0) is 0 Å². The zero-order valence-electron chi connectivity index (χ0n) is 11.1. The molecule has 0 aliphatic carbocycles. The summed E-state index contributed by atoms with van der Waals surface area (Å²) in [5.74, 6) is -1.60. The average molecular weight is 276 g/mol. The number of hydrogen-bond donors (Lipinski definition) is 1. The monoisotopic (exact) mass is 275 g/mol. The molecule has 2 unspecified atom stereocenters. The summed E-state index contributed by atoms with van der Waals surface area (Å²) in [5, 5.41) is 3.57. The zero-order valence-corrected chi connectivity index (χ0v) is 11.8. The smallest absolute Gasteiger partial charge is 0.163 e. The molecule has 102 valence electrons. The fourth-order valence-corrected chi connectivity index (χ4v) is 2.25. The fourth-order valence-electron chi connectivity index (χ4n) is 1.93. The first-order chi connectivity index (χ1) is 8.49. The standard InChI is InChI=1S/C14H20ClF2N/c1-4-7-18-8-9(2)10(3)13-11(15)5-6-12(16)14(13)17/h5-6,9-10,18H,4,7-8H2,1-3H3. The molecule has 1 aromatic carbocycles. The number of benzene rings is 1. The van der Waals surface area contributed by atoms with E-state index >= 15 is 0 Å². The summed E-state index contributed by atoms with van der Waals surface area (Å²) in [7, 11) is 0. The van der Waals surface area contributed by atoms with Gasteiger partial charge >= 0.3 is 0 Å². The van der Waals surface area contributed by atoms with Gasteiger partial charge in [0.2, 0.25) is 0 Å². The Labute approximate surface area is 113 Å². The van der Waals surface area contributed by atoms with Crippen LogP contribution in [0.25, 0.3) is 0 Å². The molecule has 0 radical (unpaired) electrons. The van der Waals surface area contributed by atoms with Gasteiger partial charge in [-0.05, 0) is 43.5 Å². The third-order valence-corrected chi connectivity index (χ3v) is 3.61. The third-order valence-electron chi connectivity index (χ3n) is 3.28. The Hall–Kier alpha value is -0.670. The van der Waals surface area contributed by atoms with Gasteiger partial charge in [0.1, 0.15) is 0 Å². The van der Waals surface area contributed by atoms with Gasteiger partial charge in [-0.2, -0.15) is 0 Å². The highest BCUT2D eigenvalue weighted by Crippen LogP contribution is 2.33. The summed E-state index contributed by atoms with van der Waals surface area (Å²) < 4.78 is 27.0. The second kappa shape index (κ2) is 7.05. The molecule has 0 aliphatic heterocycles. The highest BCUT2D eigenvalue weighted by Gasteiger charge is 2.22. The highest BCUT2D eigenvalue weighted by molar-refractivity contribution is 6.31. The van der Waals surface area contributed by atoms with E-state index in [0.29, 0.717) is 5.02 Å². The predicted molar refractivity (Wildman–Crippen MR) is 72.1 cm³/mol. The summed E-state index contributed by atoms with van der Waals surface area (Å²) in [4.78, 5) is 0. The molecule has 1 rings (SSSR count). The van der Waals surface area contributed by atoms with Crippen LogP contribution in [0.2, 0.25) is 5.02 Å². The second-order valence-electron chi connectivity index (χ2n) is 4.73. The van der Waals surface area contributed by atoms with Crippen molar-refractivity contribution < 1.29 is 8.78 Å². The predicted octanol–water partition coefficient (Wildman–Crippen LogP) is 4.36. The van der Waals surface area contributed by atoms with Crippen LogP contribution in [0.4, 0.5) is 8.78 Å². The minimum Gasteiger partial charge on any atom is -0.316 e. The van der Waals surface area contributed by atoms with Gasteiger partial charge in [0.15, 0.2) is 11.6 Å². The van der Waals surface area contributed by atoms with Crippen LogP contribution in [0, 0.1) is 17.6 Å². The first kappa shape index (κ1) is 15.4. The second-order valence-corrected chi connectivity index (χ2v) is 5.13. The lowest BCUT2D eigenvalue weighted by Crippen LogP contribution is -2.25. The molecule has 2 atom stereocenters. The molecular weight excluding hydrogens is 256 g/mol. The van der Waals surface area contributed by atoms with Crippen molar-refractivity contribution in [3.63, 3.8) is 0 Å². The molecule has 0 heterocycles. The molecule has 0 bridgehead atoms. The van der Waals surface area contributed by atoms with Crippen LogP contribution in [0.15, 0.2) is 12.1 Å². The molecule has 0 aromatic heterocycles. The van der Waals surface area contributed by atoms with Crippen LogP contribution in [0.3, 0.4) is 0 Å². The normalized spacial score (nSPS) is 14.6. The molecule has 0 fully saturated rings. The zero-order chi connectivity index (χ0) is 13.7. The van der Waals surface area contributed by atoms with Crippen LogP contribution in [-0.4, -0.2) is 13.1 Å². The highest BCUT2D eigenvalue weighted by atomic mass is 35.5. The minimum atomic E-state index is -0.838. The van der Waals surface area contributed by atoms with Gasteiger partial charge in [0.25, 0.3) is 0 Å². The average Bonchev–Trinajstić information content (AvgIpc) is 2.34. The van der Waals surface area contributed by atoms with Crippen molar-refractivity contribution in [1.29, 1.82) is 0 Å². The minimum absolute atomic E-state index is 0.127. The van der Waals surface area contributed by atoms with E-state index in [4.69, 9.17) is 11.6 Å². The van der Waals surface area contributed by atoms with E-state index in [-0.39, 0.29) is 17.4 Å². The largest absolute Gasteiger partial charge is 0.316 e. The van der Waals surface area contributed by atoms with Gasteiger partial charge in [-0.1, -0.05) is 32.4 Å². The number of nitrogens with one attached hydrogen (secondary N) is 1. The quantitative estimate of drug-likeness (QED) is 0.601. The fraction of sp³-hybridized carbons (Fsp3) is 0.571. The van der Waals surface area contributed by atoms with Crippen molar-refractivity contribution in [2.24, 2.45) is 5.92 Å². The van der Waals surface area contributed by atoms with E-state index < -0.39 is 11.6 Å². The molecule has 18 heavy (non-hydrogen) atoms. The first-order valence-electron chi connectivity index (χ1n) is 6.33. The Kier molecular flexibility index (Phi) is 6.03. The van der Waals surface area contributed by atoms with Gasteiger partial charge in [0.05, 0.1) is 0 Å². The molecule has 1 aromatic rings. The van der Waals surface area contributed by atoms with Gasteiger partial charge < -0.3 is 5.32 Å². The maximum absolute atomic E-state index is 13.8. The maximum Gasteiger partial charge on any atom is 0.163 e. The van der Waals surface area contributed by atoms with Gasteiger partial charge in [-0.25, -0.2) is 8.78 Å². The van der Waals surface area contributed by atoms with Crippen molar-refractivity contribution in [3.05, 3.63) is 34.4 Å². The Morgan fingerprint density at radius 2 is 1.94 bits per heavy atom. The first-order valence-corrected chi connectivity index (χ1v) is 6.70. The molecule has 4 heteroatoms. The Morgan fingerprint density at radius 1 is 1.28 bits per heavy atom. The van der Waals surface area contributed by atoms with E-state index in [1.807, 2.05) is 13.8 Å². The molecule has 0 saturated carbocycles. The van der Waals surface area contributed by atoms with Crippen molar-refractivity contribution >= 4 is 11.6 Å². The molecule has 0 spiro atoms. The van der Waals surface area contributed by atoms with Crippen molar-refractivity contribution in [1.82, 2.24) is 5.32 Å². The Balaban J connectivity index is 2.83. The van der Waals surface area contributed by atoms with E-state index in [1.54, 1.807) is 0 Å². The molecule has 1 N–H and O–H groups in total. The lowest BCUT2D eigenvalue weighted by Gasteiger charge is -2.22. The van der Waals surface area contributed by atoms with Crippen LogP contribution in [0.1, 0.15) is 38.7 Å². The molecule has 1 nitrogen and oxygen atoms in total. The molecule has 0 saturated heterocycles. The number of rotatable bonds is 6. The van der Waals surface area contributed by atoms with Crippen LogP contribution >= 0.6 is 11.6 Å². The lowest BCUT2D eigenvalue weighted by molar-refractivity contribution is 0.422. The molecule has 0 amide bonds.